The smallest absolute Gasteiger partial charge is 0.105 e. The third-order valence-electron chi connectivity index (χ3n) is 2.96. The summed E-state index contributed by atoms with van der Waals surface area (Å²) in [5, 5.41) is 5.67. The molecule has 0 aliphatic rings. The van der Waals surface area contributed by atoms with Gasteiger partial charge >= 0.3 is 0 Å². The average Bonchev–Trinajstić information content (AvgIpc) is 2.93. The van der Waals surface area contributed by atoms with Crippen molar-refractivity contribution in [1.82, 2.24) is 14.9 Å². The van der Waals surface area contributed by atoms with E-state index in [0.29, 0.717) is 0 Å². The van der Waals surface area contributed by atoms with E-state index >= 15 is 0 Å². The highest BCUT2D eigenvalue weighted by Gasteiger charge is 2.01. The van der Waals surface area contributed by atoms with E-state index in [4.69, 9.17) is 0 Å². The van der Waals surface area contributed by atoms with Gasteiger partial charge in [0.2, 0.25) is 0 Å². The van der Waals surface area contributed by atoms with Crippen LogP contribution in [-0.2, 0) is 19.5 Å². The van der Waals surface area contributed by atoms with Gasteiger partial charge in [-0.2, -0.15) is 0 Å². The number of thiophene rings is 1. The lowest BCUT2D eigenvalue weighted by Gasteiger charge is -2.07. The third kappa shape index (κ3) is 3.17. The molecule has 3 nitrogen and oxygen atoms in total. The summed E-state index contributed by atoms with van der Waals surface area (Å²) in [5.74, 6) is 1.08. The van der Waals surface area contributed by atoms with Crippen LogP contribution in [0.2, 0.25) is 0 Å². The zero-order valence-electron chi connectivity index (χ0n) is 10.4. The second-order valence-electron chi connectivity index (χ2n) is 4.07. The minimum atomic E-state index is 0.981. The Labute approximate surface area is 107 Å². The summed E-state index contributed by atoms with van der Waals surface area (Å²) in [5.41, 5.74) is 1.47. The van der Waals surface area contributed by atoms with Gasteiger partial charge in [0.25, 0.3) is 0 Å². The van der Waals surface area contributed by atoms with Crippen molar-refractivity contribution in [2.24, 2.45) is 0 Å². The highest BCUT2D eigenvalue weighted by Crippen LogP contribution is 2.16. The van der Waals surface area contributed by atoms with Gasteiger partial charge in [0, 0.05) is 36.9 Å². The standard InChI is InChI=1S/C13H19N3S/c1-3-12-4-9-17-13(12)10-14-5-7-16-8-6-15-11(16)2/h4,6,8-9,14H,3,5,7,10H2,1-2H3. The Balaban J connectivity index is 1.75. The van der Waals surface area contributed by atoms with Gasteiger partial charge in [-0.25, -0.2) is 4.98 Å². The third-order valence-corrected chi connectivity index (χ3v) is 3.92. The van der Waals surface area contributed by atoms with Crippen LogP contribution in [0.15, 0.2) is 23.8 Å². The van der Waals surface area contributed by atoms with Crippen LogP contribution < -0.4 is 5.32 Å². The molecule has 0 saturated heterocycles. The van der Waals surface area contributed by atoms with E-state index in [-0.39, 0.29) is 0 Å². The maximum Gasteiger partial charge on any atom is 0.105 e. The van der Waals surface area contributed by atoms with E-state index in [9.17, 15) is 0 Å². The first-order chi connectivity index (χ1) is 8.31. The predicted molar refractivity (Wildman–Crippen MR) is 72.4 cm³/mol. The molecule has 0 radical (unpaired) electrons. The largest absolute Gasteiger partial charge is 0.334 e. The molecule has 2 aromatic rings. The maximum absolute atomic E-state index is 4.21. The Hall–Kier alpha value is -1.13. The van der Waals surface area contributed by atoms with Crippen molar-refractivity contribution in [1.29, 1.82) is 0 Å². The average molecular weight is 249 g/mol. The fourth-order valence-corrected chi connectivity index (χ4v) is 2.82. The van der Waals surface area contributed by atoms with E-state index in [1.54, 1.807) is 0 Å². The molecule has 0 unspecified atom stereocenters. The Bertz CT molecular complexity index is 459. The van der Waals surface area contributed by atoms with Gasteiger partial charge in [0.15, 0.2) is 0 Å². The van der Waals surface area contributed by atoms with Gasteiger partial charge in [-0.15, -0.1) is 11.3 Å². The molecule has 0 aromatic carbocycles. The molecule has 0 atom stereocenters. The number of nitrogens with one attached hydrogen (secondary N) is 1. The molecule has 92 valence electrons. The van der Waals surface area contributed by atoms with Crippen molar-refractivity contribution < 1.29 is 0 Å². The van der Waals surface area contributed by atoms with Crippen LogP contribution in [0.5, 0.6) is 0 Å². The van der Waals surface area contributed by atoms with Gasteiger partial charge in [-0.3, -0.25) is 0 Å². The highest BCUT2D eigenvalue weighted by molar-refractivity contribution is 7.10. The zero-order chi connectivity index (χ0) is 12.1. The Kier molecular flexibility index (Phi) is 4.34. The molecule has 0 fully saturated rings. The van der Waals surface area contributed by atoms with E-state index in [1.807, 2.05) is 30.7 Å². The van der Waals surface area contributed by atoms with Gasteiger partial charge in [-0.05, 0) is 30.4 Å². The summed E-state index contributed by atoms with van der Waals surface area (Å²) in [6, 6.07) is 2.22. The molecular weight excluding hydrogens is 230 g/mol. The predicted octanol–water partition coefficient (Wildman–Crippen LogP) is 2.61. The lowest BCUT2D eigenvalue weighted by Crippen LogP contribution is -2.19. The molecule has 0 bridgehead atoms. The number of hydrogen-bond donors (Lipinski definition) is 1. The molecule has 0 aliphatic carbocycles. The van der Waals surface area contributed by atoms with Crippen LogP contribution >= 0.6 is 11.3 Å². The van der Waals surface area contributed by atoms with Crippen LogP contribution in [0.25, 0.3) is 0 Å². The summed E-state index contributed by atoms with van der Waals surface area (Å²) in [6.45, 7) is 7.19. The van der Waals surface area contributed by atoms with Crippen LogP contribution in [0, 0.1) is 6.92 Å². The summed E-state index contributed by atoms with van der Waals surface area (Å²) < 4.78 is 2.17. The summed E-state index contributed by atoms with van der Waals surface area (Å²) in [4.78, 5) is 5.68. The minimum Gasteiger partial charge on any atom is -0.334 e. The van der Waals surface area contributed by atoms with Crippen molar-refractivity contribution >= 4 is 11.3 Å². The molecule has 0 spiro atoms. The van der Waals surface area contributed by atoms with Crippen LogP contribution in [-0.4, -0.2) is 16.1 Å². The van der Waals surface area contributed by atoms with Gasteiger partial charge in [-0.1, -0.05) is 6.92 Å². The van der Waals surface area contributed by atoms with Gasteiger partial charge in [0.05, 0.1) is 0 Å². The first kappa shape index (κ1) is 12.3. The Morgan fingerprint density at radius 3 is 3.06 bits per heavy atom. The maximum atomic E-state index is 4.21. The number of nitrogens with zero attached hydrogens (tertiary/aromatic N) is 2. The van der Waals surface area contributed by atoms with Crippen molar-refractivity contribution in [3.8, 4) is 0 Å². The molecule has 0 amide bonds. The topological polar surface area (TPSA) is 29.9 Å². The first-order valence-corrected chi connectivity index (χ1v) is 6.93. The second-order valence-corrected chi connectivity index (χ2v) is 5.07. The molecule has 2 heterocycles. The number of aryl methyl sites for hydroxylation is 2. The monoisotopic (exact) mass is 249 g/mol. The summed E-state index contributed by atoms with van der Waals surface area (Å²) in [7, 11) is 0. The Morgan fingerprint density at radius 2 is 2.35 bits per heavy atom. The lowest BCUT2D eigenvalue weighted by atomic mass is 10.2. The lowest BCUT2D eigenvalue weighted by molar-refractivity contribution is 0.589. The van der Waals surface area contributed by atoms with Crippen LogP contribution in [0.1, 0.15) is 23.2 Å². The van der Waals surface area contributed by atoms with Crippen molar-refractivity contribution in [2.75, 3.05) is 6.54 Å². The molecule has 0 aliphatic heterocycles. The molecule has 17 heavy (non-hydrogen) atoms. The highest BCUT2D eigenvalue weighted by atomic mass is 32.1. The van der Waals surface area contributed by atoms with Crippen molar-refractivity contribution in [3.63, 3.8) is 0 Å². The van der Waals surface area contributed by atoms with E-state index < -0.39 is 0 Å². The zero-order valence-corrected chi connectivity index (χ0v) is 11.3. The minimum absolute atomic E-state index is 0.981. The van der Waals surface area contributed by atoms with Crippen LogP contribution in [0.3, 0.4) is 0 Å². The second kappa shape index (κ2) is 5.98. The quantitative estimate of drug-likeness (QED) is 0.798. The number of rotatable bonds is 6. The molecule has 2 rings (SSSR count). The molecular formula is C13H19N3S. The van der Waals surface area contributed by atoms with Crippen LogP contribution in [0.4, 0.5) is 0 Å². The number of aromatic nitrogens is 2. The van der Waals surface area contributed by atoms with E-state index in [0.717, 1.165) is 31.9 Å². The van der Waals surface area contributed by atoms with E-state index in [1.165, 1.54) is 10.4 Å². The molecule has 0 saturated carbocycles. The Morgan fingerprint density at radius 1 is 1.47 bits per heavy atom. The normalized spacial score (nSPS) is 10.9. The fraction of sp³-hybridized carbons (Fsp3) is 0.462. The number of imidazole rings is 1. The van der Waals surface area contributed by atoms with Crippen molar-refractivity contribution in [3.05, 3.63) is 40.1 Å². The van der Waals surface area contributed by atoms with Crippen molar-refractivity contribution in [2.45, 2.75) is 33.4 Å². The summed E-state index contributed by atoms with van der Waals surface area (Å²) in [6.07, 6.45) is 5.00. The molecule has 4 heteroatoms. The van der Waals surface area contributed by atoms with E-state index in [2.05, 4.69) is 33.2 Å². The van der Waals surface area contributed by atoms with Gasteiger partial charge in [0.1, 0.15) is 5.82 Å². The number of hydrogen-bond acceptors (Lipinski definition) is 3. The SMILES string of the molecule is CCc1ccsc1CNCCn1ccnc1C. The molecule has 2 aromatic heterocycles. The summed E-state index contributed by atoms with van der Waals surface area (Å²) >= 11 is 1.84. The fourth-order valence-electron chi connectivity index (χ4n) is 1.88. The first-order valence-electron chi connectivity index (χ1n) is 6.05. The van der Waals surface area contributed by atoms with Gasteiger partial charge < -0.3 is 9.88 Å². The molecule has 1 N–H and O–H groups in total.